The van der Waals surface area contributed by atoms with Gasteiger partial charge in [0, 0.05) is 5.88 Å². The van der Waals surface area contributed by atoms with E-state index in [9.17, 15) is 9.59 Å². The van der Waals surface area contributed by atoms with Crippen LogP contribution in [0.1, 0.15) is 23.1 Å². The van der Waals surface area contributed by atoms with Crippen LogP contribution in [0.3, 0.4) is 0 Å². The van der Waals surface area contributed by atoms with Crippen molar-refractivity contribution in [3.8, 4) is 0 Å². The van der Waals surface area contributed by atoms with Crippen LogP contribution in [0.25, 0.3) is 0 Å². The van der Waals surface area contributed by atoms with Crippen molar-refractivity contribution in [1.29, 1.82) is 0 Å². The fraction of sp³-hybridized carbons (Fsp3) is 0.500. The van der Waals surface area contributed by atoms with Crippen molar-refractivity contribution in [2.24, 2.45) is 5.41 Å². The summed E-state index contributed by atoms with van der Waals surface area (Å²) in [6, 6.07) is 6.05. The van der Waals surface area contributed by atoms with E-state index in [-0.39, 0.29) is 0 Å². The minimum Gasteiger partial charge on any atom is -0.468 e. The molecule has 0 N–H and O–H groups in total. The summed E-state index contributed by atoms with van der Waals surface area (Å²) in [5.74, 6) is -0.452. The molecule has 21 heavy (non-hydrogen) atoms. The molecule has 1 aliphatic rings. The Bertz CT molecular complexity index is 537. The number of hydrogen-bond acceptors (Lipinski definition) is 4. The molecule has 2 rings (SSSR count). The van der Waals surface area contributed by atoms with Crippen LogP contribution >= 0.6 is 11.6 Å². The van der Waals surface area contributed by atoms with Gasteiger partial charge in [-0.25, -0.2) is 0 Å². The molecule has 0 unspecified atom stereocenters. The van der Waals surface area contributed by atoms with Gasteiger partial charge in [0.2, 0.25) is 0 Å². The highest BCUT2D eigenvalue weighted by Gasteiger charge is 2.52. The van der Waals surface area contributed by atoms with E-state index in [0.717, 1.165) is 24.0 Å². The minimum absolute atomic E-state index is 0.330. The number of hydrogen-bond donors (Lipinski definition) is 0. The summed E-state index contributed by atoms with van der Waals surface area (Å²) in [5.41, 5.74) is 1.94. The zero-order valence-electron chi connectivity index (χ0n) is 12.3. The topological polar surface area (TPSA) is 52.6 Å². The van der Waals surface area contributed by atoms with E-state index in [2.05, 4.69) is 6.07 Å². The van der Waals surface area contributed by atoms with Gasteiger partial charge in [0.05, 0.1) is 14.2 Å². The summed E-state index contributed by atoms with van der Waals surface area (Å²) in [5, 5.41) is 0. The standard InChI is InChI=1S/C16H19ClO4/c1-20-14(18)16(15(19)21-2)9-12-6-5-11(4-3-7-17)8-13(12)10-16/h5-6,8H,3-4,7,9-10H2,1-2H3. The Kier molecular flexibility index (Phi) is 4.88. The molecule has 0 saturated heterocycles. The van der Waals surface area contributed by atoms with Crippen LogP contribution in [-0.4, -0.2) is 32.0 Å². The molecule has 4 nitrogen and oxygen atoms in total. The Hall–Kier alpha value is -1.55. The van der Waals surface area contributed by atoms with E-state index in [1.807, 2.05) is 12.1 Å². The molecule has 0 radical (unpaired) electrons. The Morgan fingerprint density at radius 2 is 1.76 bits per heavy atom. The summed E-state index contributed by atoms with van der Waals surface area (Å²) in [6.07, 6.45) is 2.45. The van der Waals surface area contributed by atoms with Gasteiger partial charge in [0.1, 0.15) is 0 Å². The third-order valence-electron chi connectivity index (χ3n) is 4.01. The summed E-state index contributed by atoms with van der Waals surface area (Å²) in [6.45, 7) is 0. The molecule has 5 heteroatoms. The predicted octanol–water partition coefficient (Wildman–Crippen LogP) is 2.29. The first kappa shape index (κ1) is 15.8. The van der Waals surface area contributed by atoms with Crippen molar-refractivity contribution >= 4 is 23.5 Å². The SMILES string of the molecule is COC(=O)C1(C(=O)OC)Cc2ccc(CCCCl)cc2C1. The molecule has 0 heterocycles. The van der Waals surface area contributed by atoms with Crippen LogP contribution in [-0.2, 0) is 38.3 Å². The van der Waals surface area contributed by atoms with Crippen molar-refractivity contribution in [2.75, 3.05) is 20.1 Å². The summed E-state index contributed by atoms with van der Waals surface area (Å²) in [4.78, 5) is 24.2. The van der Waals surface area contributed by atoms with E-state index in [4.69, 9.17) is 21.1 Å². The zero-order chi connectivity index (χ0) is 15.5. The summed E-state index contributed by atoms with van der Waals surface area (Å²) in [7, 11) is 2.59. The van der Waals surface area contributed by atoms with Crippen LogP contribution < -0.4 is 0 Å². The number of fused-ring (bicyclic) bond motifs is 1. The van der Waals surface area contributed by atoms with E-state index in [1.54, 1.807) is 0 Å². The molecule has 0 fully saturated rings. The van der Waals surface area contributed by atoms with E-state index in [0.29, 0.717) is 18.7 Å². The number of rotatable bonds is 5. The molecule has 1 aromatic rings. The number of carbonyl (C=O) groups is 2. The number of benzene rings is 1. The second kappa shape index (κ2) is 6.48. The van der Waals surface area contributed by atoms with Gasteiger partial charge in [-0.3, -0.25) is 9.59 Å². The van der Waals surface area contributed by atoms with Gasteiger partial charge < -0.3 is 9.47 Å². The molecule has 0 amide bonds. The second-order valence-corrected chi connectivity index (χ2v) is 5.69. The monoisotopic (exact) mass is 310 g/mol. The molecular weight excluding hydrogens is 292 g/mol. The molecule has 114 valence electrons. The molecule has 1 aromatic carbocycles. The van der Waals surface area contributed by atoms with Crippen LogP contribution in [0.2, 0.25) is 0 Å². The maximum absolute atomic E-state index is 12.1. The van der Waals surface area contributed by atoms with Crippen molar-refractivity contribution in [2.45, 2.75) is 25.7 Å². The fourth-order valence-electron chi connectivity index (χ4n) is 2.92. The third kappa shape index (κ3) is 2.91. The number of ether oxygens (including phenoxy) is 2. The van der Waals surface area contributed by atoms with Crippen LogP contribution in [0.15, 0.2) is 18.2 Å². The van der Waals surface area contributed by atoms with Gasteiger partial charge in [0.25, 0.3) is 0 Å². The Labute approximate surface area is 129 Å². The zero-order valence-corrected chi connectivity index (χ0v) is 13.0. The Balaban J connectivity index is 2.30. The molecule has 0 aromatic heterocycles. The van der Waals surface area contributed by atoms with E-state index in [1.165, 1.54) is 19.8 Å². The number of carbonyl (C=O) groups excluding carboxylic acids is 2. The first-order valence-corrected chi connectivity index (χ1v) is 7.44. The average molecular weight is 311 g/mol. The minimum atomic E-state index is -1.24. The molecular formula is C16H19ClO4. The maximum Gasteiger partial charge on any atom is 0.323 e. The van der Waals surface area contributed by atoms with Crippen LogP contribution in [0.4, 0.5) is 0 Å². The van der Waals surface area contributed by atoms with Gasteiger partial charge >= 0.3 is 11.9 Å². The predicted molar refractivity (Wildman–Crippen MR) is 79.4 cm³/mol. The highest BCUT2D eigenvalue weighted by atomic mass is 35.5. The van der Waals surface area contributed by atoms with Crippen molar-refractivity contribution < 1.29 is 19.1 Å². The van der Waals surface area contributed by atoms with E-state index < -0.39 is 17.4 Å². The largest absolute Gasteiger partial charge is 0.468 e. The molecule has 0 aliphatic heterocycles. The van der Waals surface area contributed by atoms with E-state index >= 15 is 0 Å². The average Bonchev–Trinajstić information content (AvgIpc) is 2.91. The molecule has 0 bridgehead atoms. The number of esters is 2. The normalized spacial score (nSPS) is 15.4. The van der Waals surface area contributed by atoms with Crippen molar-refractivity contribution in [1.82, 2.24) is 0 Å². The fourth-order valence-corrected chi connectivity index (χ4v) is 3.05. The third-order valence-corrected chi connectivity index (χ3v) is 4.27. The molecule has 1 aliphatic carbocycles. The highest BCUT2D eigenvalue weighted by Crippen LogP contribution is 2.39. The number of methoxy groups -OCH3 is 2. The quantitative estimate of drug-likeness (QED) is 0.476. The maximum atomic E-state index is 12.1. The van der Waals surface area contributed by atoms with Gasteiger partial charge in [-0.05, 0) is 42.4 Å². The van der Waals surface area contributed by atoms with Crippen molar-refractivity contribution in [3.63, 3.8) is 0 Å². The lowest BCUT2D eigenvalue weighted by Gasteiger charge is -2.22. The number of aryl methyl sites for hydroxylation is 1. The van der Waals surface area contributed by atoms with Gasteiger partial charge in [-0.15, -0.1) is 11.6 Å². The molecule has 0 saturated carbocycles. The first-order valence-electron chi connectivity index (χ1n) is 6.91. The molecule has 0 spiro atoms. The Morgan fingerprint density at radius 3 is 2.33 bits per heavy atom. The summed E-state index contributed by atoms with van der Waals surface area (Å²) >= 11 is 5.71. The first-order chi connectivity index (χ1) is 10.1. The second-order valence-electron chi connectivity index (χ2n) is 5.31. The smallest absolute Gasteiger partial charge is 0.323 e. The van der Waals surface area contributed by atoms with Gasteiger partial charge in [0.15, 0.2) is 5.41 Å². The van der Waals surface area contributed by atoms with Gasteiger partial charge in [-0.2, -0.15) is 0 Å². The highest BCUT2D eigenvalue weighted by molar-refractivity contribution is 6.17. The lowest BCUT2D eigenvalue weighted by atomic mass is 9.85. The lowest BCUT2D eigenvalue weighted by molar-refractivity contribution is -0.168. The van der Waals surface area contributed by atoms with Crippen LogP contribution in [0.5, 0.6) is 0 Å². The number of alkyl halides is 1. The summed E-state index contributed by atoms with van der Waals surface area (Å²) < 4.78 is 9.66. The van der Waals surface area contributed by atoms with Gasteiger partial charge in [-0.1, -0.05) is 18.2 Å². The molecule has 0 atom stereocenters. The number of halogens is 1. The van der Waals surface area contributed by atoms with Crippen molar-refractivity contribution in [3.05, 3.63) is 34.9 Å². The lowest BCUT2D eigenvalue weighted by Crippen LogP contribution is -2.42. The van der Waals surface area contributed by atoms with Crippen LogP contribution in [0, 0.1) is 5.41 Å². The Morgan fingerprint density at radius 1 is 1.14 bits per heavy atom.